The first-order chi connectivity index (χ1) is 11.1. The first-order valence-corrected chi connectivity index (χ1v) is 9.12. The molecule has 0 bridgehead atoms. The minimum absolute atomic E-state index is 0.127. The Bertz CT molecular complexity index is 702. The lowest BCUT2D eigenvalue weighted by atomic mass is 9.89. The maximum Gasteiger partial charge on any atom is 0.171 e. The van der Waals surface area contributed by atoms with Gasteiger partial charge in [-0.1, -0.05) is 30.5 Å². The number of hydrogen-bond acceptors (Lipinski definition) is 2. The normalized spacial score (nSPS) is 16.1. The summed E-state index contributed by atoms with van der Waals surface area (Å²) in [7, 11) is 0. The molecule has 3 nitrogen and oxygen atoms in total. The maximum atomic E-state index is 6.13. The number of thiocarbonyl (C=S) groups is 1. The van der Waals surface area contributed by atoms with E-state index in [0.29, 0.717) is 10.1 Å². The van der Waals surface area contributed by atoms with Crippen molar-refractivity contribution in [1.29, 1.82) is 0 Å². The van der Waals surface area contributed by atoms with Crippen LogP contribution in [0.4, 0.5) is 5.69 Å². The average Bonchev–Trinajstić information content (AvgIpc) is 3.01. The zero-order chi connectivity index (χ0) is 16.3. The predicted octanol–water partition coefficient (Wildman–Crippen LogP) is 5.25. The molecule has 1 aromatic heterocycles. The van der Waals surface area contributed by atoms with Gasteiger partial charge in [0.1, 0.15) is 0 Å². The second-order valence-electron chi connectivity index (χ2n) is 5.74. The van der Waals surface area contributed by atoms with E-state index in [2.05, 4.69) is 37.6 Å². The van der Waals surface area contributed by atoms with E-state index in [-0.39, 0.29) is 5.54 Å². The van der Waals surface area contributed by atoms with Gasteiger partial charge in [-0.2, -0.15) is 0 Å². The summed E-state index contributed by atoms with van der Waals surface area (Å²) in [5.74, 6) is 0. The fourth-order valence-electron chi connectivity index (χ4n) is 3.06. The van der Waals surface area contributed by atoms with Crippen LogP contribution in [0.25, 0.3) is 0 Å². The molecule has 1 heterocycles. The van der Waals surface area contributed by atoms with Crippen molar-refractivity contribution < 1.29 is 0 Å². The quantitative estimate of drug-likeness (QED) is 0.677. The van der Waals surface area contributed by atoms with Gasteiger partial charge in [0.25, 0.3) is 0 Å². The molecule has 0 unspecified atom stereocenters. The smallest absolute Gasteiger partial charge is 0.171 e. The van der Waals surface area contributed by atoms with Crippen LogP contribution in [0, 0.1) is 0 Å². The molecule has 6 heteroatoms. The number of pyridine rings is 1. The number of aromatic nitrogens is 1. The fourth-order valence-corrected chi connectivity index (χ4v) is 3.80. The Morgan fingerprint density at radius 1 is 1.26 bits per heavy atom. The monoisotopic (exact) mass is 409 g/mol. The van der Waals surface area contributed by atoms with Gasteiger partial charge < -0.3 is 10.6 Å². The van der Waals surface area contributed by atoms with Crippen LogP contribution in [-0.2, 0) is 5.54 Å². The van der Waals surface area contributed by atoms with Crippen LogP contribution in [-0.4, -0.2) is 10.1 Å². The lowest BCUT2D eigenvalue weighted by Crippen LogP contribution is -2.45. The van der Waals surface area contributed by atoms with Crippen molar-refractivity contribution >= 4 is 50.5 Å². The third-order valence-corrected chi connectivity index (χ3v) is 5.64. The minimum atomic E-state index is -0.127. The summed E-state index contributed by atoms with van der Waals surface area (Å²) in [4.78, 5) is 4.26. The Labute approximate surface area is 155 Å². The summed E-state index contributed by atoms with van der Waals surface area (Å²) in [5, 5.41) is 8.00. The Morgan fingerprint density at radius 2 is 2.04 bits per heavy atom. The topological polar surface area (TPSA) is 37.0 Å². The molecule has 23 heavy (non-hydrogen) atoms. The summed E-state index contributed by atoms with van der Waals surface area (Å²) in [6.45, 7) is 0. The van der Waals surface area contributed by atoms with Crippen LogP contribution in [0.1, 0.15) is 31.2 Å². The van der Waals surface area contributed by atoms with Gasteiger partial charge in [0.15, 0.2) is 5.11 Å². The molecule has 0 spiro atoms. The Hall–Kier alpha value is -1.17. The fraction of sp³-hybridized carbons (Fsp3) is 0.294. The van der Waals surface area contributed by atoms with Crippen molar-refractivity contribution in [3.63, 3.8) is 0 Å². The molecular formula is C17H17BrClN3S. The van der Waals surface area contributed by atoms with E-state index >= 15 is 0 Å². The number of benzene rings is 1. The molecule has 120 valence electrons. The molecule has 0 atom stereocenters. The number of nitrogens with one attached hydrogen (secondary N) is 2. The van der Waals surface area contributed by atoms with E-state index in [1.165, 1.54) is 18.4 Å². The molecule has 1 saturated carbocycles. The maximum absolute atomic E-state index is 6.13. The van der Waals surface area contributed by atoms with Gasteiger partial charge in [0.2, 0.25) is 0 Å². The zero-order valence-corrected chi connectivity index (χ0v) is 15.6. The van der Waals surface area contributed by atoms with Crippen LogP contribution >= 0.6 is 39.7 Å². The molecule has 0 radical (unpaired) electrons. The van der Waals surface area contributed by atoms with E-state index < -0.39 is 0 Å². The summed E-state index contributed by atoms with van der Waals surface area (Å²) in [6, 6.07) is 9.78. The largest absolute Gasteiger partial charge is 0.353 e. The highest BCUT2D eigenvalue weighted by Gasteiger charge is 2.36. The number of nitrogens with zero attached hydrogens (tertiary/aromatic N) is 1. The van der Waals surface area contributed by atoms with E-state index in [0.717, 1.165) is 23.0 Å². The summed E-state index contributed by atoms with van der Waals surface area (Å²) in [5.41, 5.74) is 1.93. The summed E-state index contributed by atoms with van der Waals surface area (Å²) in [6.07, 6.45) is 8.22. The number of halogens is 2. The molecule has 0 saturated heterocycles. The van der Waals surface area contributed by atoms with Gasteiger partial charge in [-0.25, -0.2) is 0 Å². The molecule has 2 N–H and O–H groups in total. The van der Waals surface area contributed by atoms with Gasteiger partial charge in [0, 0.05) is 22.6 Å². The molecule has 1 aliphatic carbocycles. The van der Waals surface area contributed by atoms with Gasteiger partial charge in [-0.05, 0) is 70.8 Å². The third-order valence-electron chi connectivity index (χ3n) is 4.20. The van der Waals surface area contributed by atoms with Crippen molar-refractivity contribution in [2.75, 3.05) is 5.32 Å². The van der Waals surface area contributed by atoms with Crippen LogP contribution in [0.15, 0.2) is 47.2 Å². The average molecular weight is 411 g/mol. The highest BCUT2D eigenvalue weighted by molar-refractivity contribution is 9.10. The van der Waals surface area contributed by atoms with E-state index in [1.54, 1.807) is 6.20 Å². The van der Waals surface area contributed by atoms with Gasteiger partial charge in [-0.15, -0.1) is 0 Å². The van der Waals surface area contributed by atoms with E-state index in [4.69, 9.17) is 23.8 Å². The van der Waals surface area contributed by atoms with E-state index in [1.807, 2.05) is 30.5 Å². The van der Waals surface area contributed by atoms with Gasteiger partial charge >= 0.3 is 0 Å². The molecule has 1 aliphatic rings. The van der Waals surface area contributed by atoms with E-state index in [9.17, 15) is 0 Å². The van der Waals surface area contributed by atoms with Crippen molar-refractivity contribution in [3.8, 4) is 0 Å². The summed E-state index contributed by atoms with van der Waals surface area (Å²) < 4.78 is 0.867. The highest BCUT2D eigenvalue weighted by Crippen LogP contribution is 2.38. The van der Waals surface area contributed by atoms with Gasteiger partial charge in [0.05, 0.1) is 10.6 Å². The second-order valence-corrected chi connectivity index (χ2v) is 7.41. The van der Waals surface area contributed by atoms with Crippen molar-refractivity contribution in [2.24, 2.45) is 0 Å². The molecule has 0 amide bonds. The van der Waals surface area contributed by atoms with Crippen LogP contribution in [0.2, 0.25) is 5.02 Å². The van der Waals surface area contributed by atoms with Crippen LogP contribution in [0.3, 0.4) is 0 Å². The second kappa shape index (κ2) is 7.16. The molecule has 3 rings (SSSR count). The molecular weight excluding hydrogens is 394 g/mol. The molecule has 1 fully saturated rings. The van der Waals surface area contributed by atoms with Crippen molar-refractivity contribution in [1.82, 2.24) is 10.3 Å². The highest BCUT2D eigenvalue weighted by atomic mass is 79.9. The number of anilines is 1. The lowest BCUT2D eigenvalue weighted by molar-refractivity contribution is 0.407. The van der Waals surface area contributed by atoms with Crippen molar-refractivity contribution in [3.05, 3.63) is 57.8 Å². The Balaban J connectivity index is 1.75. The number of hydrogen-bond donors (Lipinski definition) is 2. The predicted molar refractivity (Wildman–Crippen MR) is 103 cm³/mol. The van der Waals surface area contributed by atoms with Gasteiger partial charge in [-0.3, -0.25) is 4.98 Å². The summed E-state index contributed by atoms with van der Waals surface area (Å²) >= 11 is 15.0. The zero-order valence-electron chi connectivity index (χ0n) is 12.5. The first-order valence-electron chi connectivity index (χ1n) is 7.54. The number of rotatable bonds is 3. The Kier molecular flexibility index (Phi) is 5.19. The third kappa shape index (κ3) is 3.84. The minimum Gasteiger partial charge on any atom is -0.353 e. The Morgan fingerprint density at radius 3 is 2.70 bits per heavy atom. The molecule has 1 aromatic carbocycles. The van der Waals surface area contributed by atoms with Crippen molar-refractivity contribution in [2.45, 2.75) is 31.2 Å². The first kappa shape index (κ1) is 16.7. The molecule has 2 aromatic rings. The molecule has 0 aliphatic heterocycles. The van der Waals surface area contributed by atoms with Crippen LogP contribution < -0.4 is 10.6 Å². The standard InChI is InChI=1S/C17H17BrClN3S/c18-14-6-5-13(10-15(14)19)21-16(23)22-17(7-1-2-8-17)12-4-3-9-20-11-12/h3-6,9-11H,1-2,7-8H2,(H2,21,22,23). The lowest BCUT2D eigenvalue weighted by Gasteiger charge is -2.32. The van der Waals surface area contributed by atoms with Crippen LogP contribution in [0.5, 0.6) is 0 Å². The SMILES string of the molecule is S=C(Nc1ccc(Br)c(Cl)c1)NC1(c2cccnc2)CCCC1.